The van der Waals surface area contributed by atoms with E-state index in [1.54, 1.807) is 25.1 Å². The van der Waals surface area contributed by atoms with Crippen LogP contribution in [0.25, 0.3) is 0 Å². The van der Waals surface area contributed by atoms with E-state index in [1.165, 1.54) is 6.08 Å². The number of hydrogen-bond acceptors (Lipinski definition) is 3. The monoisotopic (exact) mass is 348 g/mol. The number of esters is 1. The number of halogens is 2. The normalized spacial score (nSPS) is 10.7. The highest BCUT2D eigenvalue weighted by atomic mass is 79.9. The van der Waals surface area contributed by atoms with Gasteiger partial charge in [0.1, 0.15) is 12.4 Å². The fourth-order valence-electron chi connectivity index (χ4n) is 1.06. The van der Waals surface area contributed by atoms with Crippen molar-refractivity contribution in [1.82, 2.24) is 0 Å². The van der Waals surface area contributed by atoms with Crippen LogP contribution in [-0.2, 0) is 16.1 Å². The summed E-state index contributed by atoms with van der Waals surface area (Å²) in [6.45, 7) is 1.89. The van der Waals surface area contributed by atoms with E-state index < -0.39 is 5.97 Å². The Balaban J connectivity index is 2.78. The Labute approximate surface area is 110 Å². The first-order valence-corrected chi connectivity index (χ1v) is 6.09. The second kappa shape index (κ2) is 6.06. The average Bonchev–Trinajstić information content (AvgIpc) is 2.16. The molecule has 86 valence electrons. The predicted molar refractivity (Wildman–Crippen MR) is 68.1 cm³/mol. The molecule has 1 aromatic rings. The molecule has 1 N–H and O–H groups in total. The lowest BCUT2D eigenvalue weighted by Gasteiger charge is -2.08. The van der Waals surface area contributed by atoms with Gasteiger partial charge < -0.3 is 9.84 Å². The first-order valence-electron chi connectivity index (χ1n) is 4.51. The molecule has 0 saturated heterocycles. The van der Waals surface area contributed by atoms with Gasteiger partial charge in [0.05, 0.1) is 0 Å². The van der Waals surface area contributed by atoms with Gasteiger partial charge in [-0.25, -0.2) is 4.79 Å². The Morgan fingerprint density at radius 2 is 2.00 bits per heavy atom. The second-order valence-corrected chi connectivity index (χ2v) is 4.70. The summed E-state index contributed by atoms with van der Waals surface area (Å²) in [6.07, 6.45) is 2.96. The van der Waals surface area contributed by atoms with Crippen molar-refractivity contribution in [2.45, 2.75) is 13.5 Å². The molecule has 0 heterocycles. The summed E-state index contributed by atoms with van der Waals surface area (Å²) in [5, 5.41) is 9.30. The zero-order valence-electron chi connectivity index (χ0n) is 8.54. The number of benzene rings is 1. The lowest BCUT2D eigenvalue weighted by atomic mass is 10.2. The maximum absolute atomic E-state index is 11.1. The van der Waals surface area contributed by atoms with Crippen molar-refractivity contribution in [3.63, 3.8) is 0 Å². The summed E-state index contributed by atoms with van der Waals surface area (Å²) in [6, 6.07) is 3.09. The van der Waals surface area contributed by atoms with E-state index in [1.807, 2.05) is 0 Å². The number of allylic oxidation sites excluding steroid dienone is 1. The number of rotatable bonds is 3. The van der Waals surface area contributed by atoms with Gasteiger partial charge in [0.2, 0.25) is 0 Å². The van der Waals surface area contributed by atoms with Gasteiger partial charge in [-0.05, 0) is 19.1 Å². The summed E-state index contributed by atoms with van der Waals surface area (Å²) >= 11 is 6.58. The van der Waals surface area contributed by atoms with Gasteiger partial charge in [-0.3, -0.25) is 0 Å². The Morgan fingerprint density at radius 3 is 2.50 bits per heavy atom. The summed E-state index contributed by atoms with van der Waals surface area (Å²) in [5.74, 6) is -0.253. The quantitative estimate of drug-likeness (QED) is 0.670. The third-order valence-electron chi connectivity index (χ3n) is 1.79. The summed E-state index contributed by atoms with van der Waals surface area (Å²) in [7, 11) is 0. The molecule has 0 aliphatic carbocycles. The van der Waals surface area contributed by atoms with Crippen LogP contribution in [0, 0.1) is 0 Å². The smallest absolute Gasteiger partial charge is 0.330 e. The molecule has 5 heteroatoms. The molecule has 0 aliphatic heterocycles. The Kier molecular flexibility index (Phi) is 5.02. The molecule has 3 nitrogen and oxygen atoms in total. The van der Waals surface area contributed by atoms with Crippen LogP contribution < -0.4 is 0 Å². The topological polar surface area (TPSA) is 46.5 Å². The fraction of sp³-hybridized carbons (Fsp3) is 0.182. The molecular weight excluding hydrogens is 340 g/mol. The van der Waals surface area contributed by atoms with E-state index in [0.29, 0.717) is 8.95 Å². The Morgan fingerprint density at radius 1 is 1.44 bits per heavy atom. The minimum absolute atomic E-state index is 0.141. The van der Waals surface area contributed by atoms with E-state index in [2.05, 4.69) is 31.9 Å². The molecular formula is C11H10Br2O3. The minimum Gasteiger partial charge on any atom is -0.508 e. The van der Waals surface area contributed by atoms with Gasteiger partial charge in [-0.15, -0.1) is 0 Å². The van der Waals surface area contributed by atoms with Crippen LogP contribution in [0.2, 0.25) is 0 Å². The molecule has 0 bridgehead atoms. The van der Waals surface area contributed by atoms with Crippen LogP contribution in [0.3, 0.4) is 0 Å². The fourth-order valence-corrected chi connectivity index (χ4v) is 2.45. The summed E-state index contributed by atoms with van der Waals surface area (Å²) in [4.78, 5) is 11.1. The largest absolute Gasteiger partial charge is 0.508 e. The van der Waals surface area contributed by atoms with E-state index in [-0.39, 0.29) is 12.4 Å². The second-order valence-electron chi connectivity index (χ2n) is 3.00. The van der Waals surface area contributed by atoms with Crippen molar-refractivity contribution in [3.05, 3.63) is 38.8 Å². The summed E-state index contributed by atoms with van der Waals surface area (Å²) < 4.78 is 6.38. The van der Waals surface area contributed by atoms with E-state index >= 15 is 0 Å². The molecule has 0 saturated carbocycles. The number of hydrogen-bond donors (Lipinski definition) is 1. The highest BCUT2D eigenvalue weighted by Gasteiger charge is 2.09. The van der Waals surface area contributed by atoms with Gasteiger partial charge >= 0.3 is 5.97 Å². The first kappa shape index (κ1) is 13.3. The number of phenolic OH excluding ortho intramolecular Hbond substituents is 1. The summed E-state index contributed by atoms with van der Waals surface area (Å²) in [5.41, 5.74) is 0.774. The van der Waals surface area contributed by atoms with Crippen LogP contribution in [0.1, 0.15) is 12.5 Å². The molecule has 0 aliphatic rings. The van der Waals surface area contributed by atoms with E-state index in [0.717, 1.165) is 5.56 Å². The predicted octanol–water partition coefficient (Wildman–Crippen LogP) is 3.54. The van der Waals surface area contributed by atoms with Gasteiger partial charge in [-0.2, -0.15) is 0 Å². The van der Waals surface area contributed by atoms with Gasteiger partial charge in [-0.1, -0.05) is 37.9 Å². The number of ether oxygens (including phenoxy) is 1. The molecule has 0 spiro atoms. The molecule has 0 radical (unpaired) electrons. The highest BCUT2D eigenvalue weighted by molar-refractivity contribution is 9.11. The maximum atomic E-state index is 11.1. The van der Waals surface area contributed by atoms with Crippen LogP contribution in [0.5, 0.6) is 5.75 Å². The molecule has 0 fully saturated rings. The van der Waals surface area contributed by atoms with Crippen molar-refractivity contribution in [1.29, 1.82) is 0 Å². The van der Waals surface area contributed by atoms with Crippen LogP contribution in [-0.4, -0.2) is 11.1 Å². The first-order chi connectivity index (χ1) is 7.54. The zero-order valence-corrected chi connectivity index (χ0v) is 11.7. The van der Waals surface area contributed by atoms with Gasteiger partial charge in [0, 0.05) is 20.6 Å². The zero-order chi connectivity index (χ0) is 12.1. The van der Waals surface area contributed by atoms with Crippen molar-refractivity contribution in [3.8, 4) is 5.75 Å². The average molecular weight is 350 g/mol. The Hall–Kier alpha value is -0.810. The van der Waals surface area contributed by atoms with Crippen LogP contribution in [0.4, 0.5) is 0 Å². The van der Waals surface area contributed by atoms with Crippen LogP contribution >= 0.6 is 31.9 Å². The highest BCUT2D eigenvalue weighted by Crippen LogP contribution is 2.30. The lowest BCUT2D eigenvalue weighted by Crippen LogP contribution is -2.01. The number of aromatic hydroxyl groups is 1. The van der Waals surface area contributed by atoms with Crippen molar-refractivity contribution >= 4 is 37.8 Å². The van der Waals surface area contributed by atoms with Crippen molar-refractivity contribution < 1.29 is 14.6 Å². The van der Waals surface area contributed by atoms with E-state index in [9.17, 15) is 9.90 Å². The number of phenols is 1. The molecule has 0 atom stereocenters. The van der Waals surface area contributed by atoms with E-state index in [4.69, 9.17) is 4.74 Å². The SMILES string of the molecule is C/C=C\C(=O)OCc1c(Br)cc(O)cc1Br. The number of carbonyl (C=O) groups is 1. The molecule has 1 rings (SSSR count). The van der Waals surface area contributed by atoms with Gasteiger partial charge in [0.25, 0.3) is 0 Å². The molecule has 0 aromatic heterocycles. The van der Waals surface area contributed by atoms with Crippen molar-refractivity contribution in [2.24, 2.45) is 0 Å². The lowest BCUT2D eigenvalue weighted by molar-refractivity contribution is -0.139. The maximum Gasteiger partial charge on any atom is 0.330 e. The molecule has 1 aromatic carbocycles. The molecule has 16 heavy (non-hydrogen) atoms. The minimum atomic E-state index is -0.394. The molecule has 0 amide bonds. The van der Waals surface area contributed by atoms with Gasteiger partial charge in [0.15, 0.2) is 0 Å². The Bertz CT molecular complexity index is 404. The molecule has 0 unspecified atom stereocenters. The third kappa shape index (κ3) is 3.64. The number of carbonyl (C=O) groups excluding carboxylic acids is 1. The third-order valence-corrected chi connectivity index (χ3v) is 3.20. The van der Waals surface area contributed by atoms with Crippen molar-refractivity contribution in [2.75, 3.05) is 0 Å². The van der Waals surface area contributed by atoms with Crippen LogP contribution in [0.15, 0.2) is 33.2 Å². The standard InChI is InChI=1S/C11H10Br2O3/c1-2-3-11(15)16-6-8-9(12)4-7(14)5-10(8)13/h2-5,14H,6H2,1H3/b3-2-.